The number of allylic oxidation sites excluding steroid dienone is 1. The lowest BCUT2D eigenvalue weighted by molar-refractivity contribution is 1.07. The first-order valence-electron chi connectivity index (χ1n) is 39.5. The van der Waals surface area contributed by atoms with E-state index in [9.17, 15) is 0 Å². The number of nitrogens with two attached hydrogens (primary N) is 1. The van der Waals surface area contributed by atoms with Crippen molar-refractivity contribution in [1.82, 2.24) is 59.8 Å². The molecule has 0 amide bonds. The van der Waals surface area contributed by atoms with Crippen molar-refractivity contribution in [3.8, 4) is 170 Å². The maximum absolute atomic E-state index is 7.06. The normalized spacial score (nSPS) is 11.3. The first kappa shape index (κ1) is 74.9. The molecule has 19 rings (SSSR count). The van der Waals surface area contributed by atoms with Crippen LogP contribution in [0.2, 0.25) is 0 Å². The molecule has 0 radical (unpaired) electrons. The van der Waals surface area contributed by atoms with Crippen LogP contribution in [0.1, 0.15) is 16.7 Å². The van der Waals surface area contributed by atoms with Crippen LogP contribution < -0.4 is 5.73 Å². The van der Waals surface area contributed by atoms with Crippen LogP contribution >= 0.6 is 0 Å². The Balaban J connectivity index is 0.000000165. The summed E-state index contributed by atoms with van der Waals surface area (Å²) in [4.78, 5) is 64.7. The monoisotopic (exact) mass is 1540 g/mol. The molecule has 2 N–H and O–H groups in total. The van der Waals surface area contributed by atoms with Crippen LogP contribution in [0.4, 0.5) is 0 Å². The molecule has 0 saturated carbocycles. The molecule has 0 unspecified atom stereocenters. The Morgan fingerprint density at radius 2 is 0.550 bits per heavy atom. The molecule has 0 fully saturated rings. The van der Waals surface area contributed by atoms with Gasteiger partial charge in [-0.2, -0.15) is 0 Å². The smallest absolute Gasteiger partial charge is 0.160 e. The number of aliphatic imine (C=N–C) groups is 1. The van der Waals surface area contributed by atoms with Gasteiger partial charge in [-0.15, -0.1) is 0 Å². The Hall–Kier alpha value is -16.5. The van der Waals surface area contributed by atoms with Crippen LogP contribution in [0.25, 0.3) is 175 Å². The highest BCUT2D eigenvalue weighted by Gasteiger charge is 2.21. The topological polar surface area (TPSA) is 193 Å². The van der Waals surface area contributed by atoms with Crippen molar-refractivity contribution < 1.29 is 0 Å². The van der Waals surface area contributed by atoms with Crippen molar-refractivity contribution in [1.29, 1.82) is 0 Å². The quantitative estimate of drug-likeness (QED) is 0.0709. The average Bonchev–Trinajstić information content (AvgIpc) is 0.786. The van der Waals surface area contributed by atoms with E-state index in [1.807, 2.05) is 285 Å². The summed E-state index contributed by atoms with van der Waals surface area (Å²) >= 11 is 0. The lowest BCUT2D eigenvalue weighted by Gasteiger charge is -2.14. The number of aromatic nitrogens is 12. The van der Waals surface area contributed by atoms with Crippen LogP contribution in [0.15, 0.2) is 430 Å². The Morgan fingerprint density at radius 3 is 0.975 bits per heavy atom. The summed E-state index contributed by atoms with van der Waals surface area (Å²) in [6, 6.07) is 132. The zero-order valence-electron chi connectivity index (χ0n) is 65.0. The summed E-state index contributed by atoms with van der Waals surface area (Å²) in [5, 5.41) is 0. The summed E-state index contributed by atoms with van der Waals surface area (Å²) in [5.41, 5.74) is 34.5. The van der Waals surface area contributed by atoms with E-state index in [0.717, 1.165) is 146 Å². The fourth-order valence-electron chi connectivity index (χ4n) is 14.3. The minimum Gasteiger partial charge on any atom is -0.398 e. The zero-order chi connectivity index (χ0) is 80.6. The van der Waals surface area contributed by atoms with Gasteiger partial charge in [0, 0.05) is 86.1 Å². The molecule has 120 heavy (non-hydrogen) atoms. The molecule has 9 aromatic heterocycles. The average molecular weight is 1540 g/mol. The van der Waals surface area contributed by atoms with E-state index in [2.05, 4.69) is 131 Å². The lowest BCUT2D eigenvalue weighted by atomic mass is 9.95. The largest absolute Gasteiger partial charge is 0.398 e. The third-order valence-corrected chi connectivity index (χ3v) is 20.3. The van der Waals surface area contributed by atoms with Crippen LogP contribution in [-0.4, -0.2) is 65.5 Å². The van der Waals surface area contributed by atoms with E-state index in [0.29, 0.717) is 58.2 Å². The van der Waals surface area contributed by atoms with Gasteiger partial charge < -0.3 is 5.73 Å². The van der Waals surface area contributed by atoms with Gasteiger partial charge in [0.1, 0.15) is 0 Å². The summed E-state index contributed by atoms with van der Waals surface area (Å²) < 4.78 is 0. The second-order valence-corrected chi connectivity index (χ2v) is 28.4. The molecule has 0 aliphatic rings. The summed E-state index contributed by atoms with van der Waals surface area (Å²) in [6.07, 6.45) is 9.16. The molecular formula is C106H74N14. The number of hydrogen-bond acceptors (Lipinski definition) is 14. The minimum absolute atomic E-state index is 0.528. The molecule has 0 atom stereocenters. The molecule has 0 aliphatic carbocycles. The fourth-order valence-corrected chi connectivity index (χ4v) is 14.3. The van der Waals surface area contributed by atoms with E-state index in [-0.39, 0.29) is 0 Å². The van der Waals surface area contributed by atoms with E-state index >= 15 is 0 Å². The van der Waals surface area contributed by atoms with Gasteiger partial charge in [-0.1, -0.05) is 297 Å². The maximum Gasteiger partial charge on any atom is 0.160 e. The van der Waals surface area contributed by atoms with Gasteiger partial charge in [0.25, 0.3) is 0 Å². The highest BCUT2D eigenvalue weighted by molar-refractivity contribution is 6.12. The minimum atomic E-state index is 0.528. The number of rotatable bonds is 20. The van der Waals surface area contributed by atoms with Crippen LogP contribution in [0.5, 0.6) is 0 Å². The highest BCUT2D eigenvalue weighted by Crippen LogP contribution is 2.39. The molecule has 0 spiro atoms. The Kier molecular flexibility index (Phi) is 22.2. The Morgan fingerprint density at radius 1 is 0.225 bits per heavy atom. The van der Waals surface area contributed by atoms with E-state index in [4.69, 9.17) is 60.6 Å². The Labute approximate surface area is 695 Å². The van der Waals surface area contributed by atoms with Gasteiger partial charge in [-0.25, -0.2) is 39.9 Å². The first-order valence-corrected chi connectivity index (χ1v) is 39.5. The molecule has 19 aromatic rings. The SMILES string of the molecule is N/C(=C\C(=NCc1ccccc1)c1ccccc1)c1ccccc1-c1cc(-c2ccccn2)nc(-c2cc(-c3cc(-c4ccccc4)nc(-c4ccccc4)n3)ccn2)c1.c1ccc(-c2cc(-c3cccc(-c4cc(-c5ccccn5)nc(-c5cc(-c6cc(-c7ccccc7)nc(-c7ccccc7)n6)ccn5)c4)c3)nc(-c3ccccc3)n2)cc1. The summed E-state index contributed by atoms with van der Waals surface area (Å²) in [5.74, 6) is 1.96. The number of pyridine rings is 6. The number of nitrogens with zero attached hydrogens (tertiary/aromatic N) is 13. The van der Waals surface area contributed by atoms with Gasteiger partial charge in [0.05, 0.1) is 92.0 Å². The van der Waals surface area contributed by atoms with Crippen LogP contribution in [0.3, 0.4) is 0 Å². The van der Waals surface area contributed by atoms with Gasteiger partial charge in [-0.05, 0) is 137 Å². The molecule has 0 saturated heterocycles. The Bertz CT molecular complexity index is 6470. The van der Waals surface area contributed by atoms with Gasteiger partial charge in [0.15, 0.2) is 17.5 Å². The lowest BCUT2D eigenvalue weighted by Crippen LogP contribution is -2.06. The molecule has 10 aromatic carbocycles. The van der Waals surface area contributed by atoms with Gasteiger partial charge in [0.2, 0.25) is 0 Å². The zero-order valence-corrected chi connectivity index (χ0v) is 65.0. The van der Waals surface area contributed by atoms with Crippen molar-refractivity contribution in [2.45, 2.75) is 6.54 Å². The molecule has 9 heterocycles. The van der Waals surface area contributed by atoms with Crippen LogP contribution in [-0.2, 0) is 6.54 Å². The predicted molar refractivity (Wildman–Crippen MR) is 483 cm³/mol. The van der Waals surface area contributed by atoms with Crippen molar-refractivity contribution in [3.05, 3.63) is 442 Å². The molecule has 14 heteroatoms. The molecule has 568 valence electrons. The third-order valence-electron chi connectivity index (χ3n) is 20.3. The predicted octanol–water partition coefficient (Wildman–Crippen LogP) is 24.1. The molecular weight excluding hydrogens is 1470 g/mol. The highest BCUT2D eigenvalue weighted by atomic mass is 14.9. The maximum atomic E-state index is 7.06. The van der Waals surface area contributed by atoms with E-state index in [1.165, 1.54) is 0 Å². The van der Waals surface area contributed by atoms with Crippen molar-refractivity contribution in [3.63, 3.8) is 0 Å². The van der Waals surface area contributed by atoms with Gasteiger partial charge in [-0.3, -0.25) is 24.9 Å². The molecule has 0 aliphatic heterocycles. The van der Waals surface area contributed by atoms with Crippen LogP contribution in [0, 0.1) is 0 Å². The second-order valence-electron chi connectivity index (χ2n) is 28.4. The summed E-state index contributed by atoms with van der Waals surface area (Å²) in [6.45, 7) is 0.528. The number of benzene rings is 10. The standard InChI is InChI=1S/C53H35N7.C53H39N7/c1-5-16-36(17-6-1)45-34-47(59-52(57-45)38-20-9-3-10-21-38)41-25-15-24-40(30-41)43-32-50(44-26-13-14-28-54-44)56-51(33-43)49-31-42(27-29-55-49)48-35-46(37-18-7-2-8-19-37)58-53(60-48)39-22-11-4-12-23-39;54-45(34-47(38-19-7-2-8-20-38)57-36-37-17-5-1-6-18-37)44-26-14-13-25-43(44)42-32-51(46-27-15-16-29-55-46)58-52(33-42)50-31-41(28-30-56-50)49-35-48(39-21-9-3-10-22-39)59-53(60-49)40-23-11-4-12-24-40/h1-35H;1-35H,36,54H2/b;45-34-,57-47?. The molecule has 14 nitrogen and oxygen atoms in total. The third kappa shape index (κ3) is 17.6. The summed E-state index contributed by atoms with van der Waals surface area (Å²) in [7, 11) is 0. The van der Waals surface area contributed by atoms with E-state index < -0.39 is 0 Å². The van der Waals surface area contributed by atoms with E-state index in [1.54, 1.807) is 18.6 Å². The molecule has 0 bridgehead atoms. The van der Waals surface area contributed by atoms with Crippen molar-refractivity contribution >= 4 is 11.4 Å². The second kappa shape index (κ2) is 35.5. The van der Waals surface area contributed by atoms with Crippen molar-refractivity contribution in [2.24, 2.45) is 10.7 Å². The fraction of sp³-hybridized carbons (Fsp3) is 0.00943. The van der Waals surface area contributed by atoms with Gasteiger partial charge >= 0.3 is 0 Å². The van der Waals surface area contributed by atoms with Crippen molar-refractivity contribution in [2.75, 3.05) is 0 Å². The first-order chi connectivity index (χ1) is 59.3. The number of hydrogen-bond donors (Lipinski definition) is 1.